The zero-order valence-electron chi connectivity index (χ0n) is 19.3. The highest BCUT2D eigenvalue weighted by Gasteiger charge is 2.56. The van der Waals surface area contributed by atoms with Crippen LogP contribution in [0.3, 0.4) is 0 Å². The molecule has 0 bridgehead atoms. The number of carbonyl (C=O) groups is 1. The van der Waals surface area contributed by atoms with Gasteiger partial charge in [-0.3, -0.25) is 4.79 Å². The summed E-state index contributed by atoms with van der Waals surface area (Å²) in [6, 6.07) is 9.48. The number of hydrogen-bond acceptors (Lipinski definition) is 4. The third-order valence-corrected chi connectivity index (χ3v) is 6.88. The molecule has 1 aliphatic carbocycles. The van der Waals surface area contributed by atoms with E-state index < -0.39 is 35.0 Å². The molecule has 1 heterocycles. The summed E-state index contributed by atoms with van der Waals surface area (Å²) < 4.78 is 71.3. The molecule has 0 amide bonds. The molecule has 1 spiro atoms. The van der Waals surface area contributed by atoms with E-state index in [9.17, 15) is 22.4 Å². The zero-order valence-corrected chi connectivity index (χ0v) is 19.3. The summed E-state index contributed by atoms with van der Waals surface area (Å²) in [5.41, 5.74) is -0.323. The van der Waals surface area contributed by atoms with Crippen molar-refractivity contribution in [3.63, 3.8) is 0 Å². The van der Waals surface area contributed by atoms with Crippen LogP contribution in [-0.4, -0.2) is 31.4 Å². The Kier molecular flexibility index (Phi) is 6.64. The molecule has 1 saturated heterocycles. The van der Waals surface area contributed by atoms with Crippen LogP contribution in [0.5, 0.6) is 5.75 Å². The highest BCUT2D eigenvalue weighted by molar-refractivity contribution is 5.74. The highest BCUT2D eigenvalue weighted by atomic mass is 19.4. The molecule has 0 radical (unpaired) electrons. The summed E-state index contributed by atoms with van der Waals surface area (Å²) in [7, 11) is 1.32. The Balaban J connectivity index is 1.72. The van der Waals surface area contributed by atoms with Crippen LogP contribution in [0, 0.1) is 11.7 Å². The fourth-order valence-corrected chi connectivity index (χ4v) is 5.50. The average Bonchev–Trinajstić information content (AvgIpc) is 3.37. The Morgan fingerprint density at radius 3 is 2.47 bits per heavy atom. The number of halogens is 4. The molecule has 184 valence electrons. The minimum atomic E-state index is -4.48. The number of alkyl halides is 3. The van der Waals surface area contributed by atoms with Crippen LogP contribution in [0.15, 0.2) is 42.5 Å². The van der Waals surface area contributed by atoms with Crippen LogP contribution < -0.4 is 4.74 Å². The van der Waals surface area contributed by atoms with Crippen LogP contribution in [0.25, 0.3) is 0 Å². The van der Waals surface area contributed by atoms with E-state index in [-0.39, 0.29) is 24.6 Å². The molecule has 0 aromatic heterocycles. The SMILES string of the molecule is COC(=O)[C@H]1CC[C@@]2(C[C@@H](c3cc(C(F)(F)F)ccc3OC(C)C)CO2)[C@@H]1c1ccc(F)cc1. The van der Waals surface area contributed by atoms with Gasteiger partial charge in [0.15, 0.2) is 0 Å². The summed E-state index contributed by atoms with van der Waals surface area (Å²) in [5.74, 6) is -1.60. The van der Waals surface area contributed by atoms with E-state index >= 15 is 0 Å². The van der Waals surface area contributed by atoms with Crippen molar-refractivity contribution < 1.29 is 36.6 Å². The van der Waals surface area contributed by atoms with Gasteiger partial charge in [0.05, 0.1) is 36.9 Å². The molecule has 0 N–H and O–H groups in total. The fourth-order valence-electron chi connectivity index (χ4n) is 5.50. The molecule has 2 fully saturated rings. The minimum Gasteiger partial charge on any atom is -0.491 e. The molecule has 2 aliphatic rings. The van der Waals surface area contributed by atoms with Gasteiger partial charge in [0.1, 0.15) is 11.6 Å². The molecule has 1 saturated carbocycles. The van der Waals surface area contributed by atoms with Crippen LogP contribution in [0.4, 0.5) is 17.6 Å². The Hall–Kier alpha value is -2.61. The van der Waals surface area contributed by atoms with E-state index in [0.717, 1.165) is 17.7 Å². The van der Waals surface area contributed by atoms with E-state index in [4.69, 9.17) is 14.2 Å². The second-order valence-electron chi connectivity index (χ2n) is 9.39. The fraction of sp³-hybridized carbons (Fsp3) is 0.500. The van der Waals surface area contributed by atoms with Gasteiger partial charge in [-0.15, -0.1) is 0 Å². The molecule has 4 nitrogen and oxygen atoms in total. The quantitative estimate of drug-likeness (QED) is 0.375. The van der Waals surface area contributed by atoms with Crippen LogP contribution in [0.2, 0.25) is 0 Å². The first-order valence-corrected chi connectivity index (χ1v) is 11.4. The summed E-state index contributed by atoms with van der Waals surface area (Å²) in [4.78, 5) is 12.6. The van der Waals surface area contributed by atoms with Gasteiger partial charge in [-0.1, -0.05) is 12.1 Å². The molecule has 2 aromatic rings. The summed E-state index contributed by atoms with van der Waals surface area (Å²) >= 11 is 0. The maximum Gasteiger partial charge on any atom is 0.416 e. The maximum absolute atomic E-state index is 13.6. The Bertz CT molecular complexity index is 1030. The minimum absolute atomic E-state index is 0.196. The van der Waals surface area contributed by atoms with Gasteiger partial charge in [-0.25, -0.2) is 4.39 Å². The number of hydrogen-bond donors (Lipinski definition) is 0. The zero-order chi connectivity index (χ0) is 24.7. The average molecular weight is 480 g/mol. The first kappa shape index (κ1) is 24.5. The summed E-state index contributed by atoms with van der Waals surface area (Å²) in [5, 5.41) is 0. The lowest BCUT2D eigenvalue weighted by atomic mass is 9.76. The topological polar surface area (TPSA) is 44.8 Å². The second-order valence-corrected chi connectivity index (χ2v) is 9.39. The third kappa shape index (κ3) is 4.65. The molecule has 34 heavy (non-hydrogen) atoms. The van der Waals surface area contributed by atoms with Crippen molar-refractivity contribution in [1.82, 2.24) is 0 Å². The lowest BCUT2D eigenvalue weighted by Gasteiger charge is -2.33. The molecule has 4 rings (SSSR count). The Morgan fingerprint density at radius 1 is 1.15 bits per heavy atom. The number of methoxy groups -OCH3 is 1. The highest BCUT2D eigenvalue weighted by Crippen LogP contribution is 2.57. The second kappa shape index (κ2) is 9.21. The number of esters is 1. The number of rotatable bonds is 5. The number of carbonyl (C=O) groups excluding carboxylic acids is 1. The van der Waals surface area contributed by atoms with Gasteiger partial charge in [0.2, 0.25) is 0 Å². The standard InChI is InChI=1S/C26H28F4O4/c1-15(2)34-22-9-6-18(26(28,29)30)12-21(22)17-13-25(33-14-17)11-10-20(24(31)32-3)23(25)16-4-7-19(27)8-5-16/h4-9,12,15,17,20,23H,10-11,13-14H2,1-3H3/t17-,20+,23-,25-/m1/s1. The molecular weight excluding hydrogens is 452 g/mol. The summed E-state index contributed by atoms with van der Waals surface area (Å²) in [6.07, 6.45) is -3.22. The van der Waals surface area contributed by atoms with E-state index in [0.29, 0.717) is 30.6 Å². The number of ether oxygens (including phenoxy) is 3. The van der Waals surface area contributed by atoms with E-state index in [2.05, 4.69) is 0 Å². The predicted molar refractivity (Wildman–Crippen MR) is 117 cm³/mol. The van der Waals surface area contributed by atoms with E-state index in [1.54, 1.807) is 12.1 Å². The van der Waals surface area contributed by atoms with Crippen molar-refractivity contribution in [2.75, 3.05) is 13.7 Å². The van der Waals surface area contributed by atoms with Gasteiger partial charge in [-0.05, 0) is 69.0 Å². The first-order valence-electron chi connectivity index (χ1n) is 11.4. The summed E-state index contributed by atoms with van der Waals surface area (Å²) in [6.45, 7) is 3.83. The Labute approximate surface area is 196 Å². The van der Waals surface area contributed by atoms with Crippen LogP contribution in [0.1, 0.15) is 61.6 Å². The molecule has 2 aromatic carbocycles. The van der Waals surface area contributed by atoms with E-state index in [1.165, 1.54) is 25.3 Å². The Morgan fingerprint density at radius 2 is 1.85 bits per heavy atom. The smallest absolute Gasteiger partial charge is 0.416 e. The van der Waals surface area contributed by atoms with Crippen molar-refractivity contribution in [2.24, 2.45) is 5.92 Å². The molecule has 8 heteroatoms. The van der Waals surface area contributed by atoms with Gasteiger partial charge in [0, 0.05) is 17.4 Å². The molecular formula is C26H28F4O4. The van der Waals surface area contributed by atoms with Crippen molar-refractivity contribution >= 4 is 5.97 Å². The van der Waals surface area contributed by atoms with Crippen molar-refractivity contribution in [3.8, 4) is 5.75 Å². The molecule has 4 atom stereocenters. The van der Waals surface area contributed by atoms with Gasteiger partial charge in [0.25, 0.3) is 0 Å². The first-order chi connectivity index (χ1) is 16.0. The normalized spacial score (nSPS) is 26.9. The number of benzene rings is 2. The van der Waals surface area contributed by atoms with Crippen LogP contribution in [-0.2, 0) is 20.4 Å². The predicted octanol–water partition coefficient (Wildman–Crippen LogP) is 6.24. The third-order valence-electron chi connectivity index (χ3n) is 6.88. The van der Waals surface area contributed by atoms with E-state index in [1.807, 2.05) is 13.8 Å². The van der Waals surface area contributed by atoms with Gasteiger partial charge >= 0.3 is 12.1 Å². The van der Waals surface area contributed by atoms with Crippen LogP contribution >= 0.6 is 0 Å². The monoisotopic (exact) mass is 480 g/mol. The maximum atomic E-state index is 13.6. The largest absolute Gasteiger partial charge is 0.491 e. The van der Waals surface area contributed by atoms with Gasteiger partial charge < -0.3 is 14.2 Å². The van der Waals surface area contributed by atoms with Gasteiger partial charge in [-0.2, -0.15) is 13.2 Å². The van der Waals surface area contributed by atoms with Crippen molar-refractivity contribution in [2.45, 2.75) is 62.8 Å². The molecule has 1 aliphatic heterocycles. The van der Waals surface area contributed by atoms with Crippen molar-refractivity contribution in [1.29, 1.82) is 0 Å². The van der Waals surface area contributed by atoms with Crippen molar-refractivity contribution in [3.05, 3.63) is 65.0 Å². The lowest BCUT2D eigenvalue weighted by Crippen LogP contribution is -2.35. The lowest BCUT2D eigenvalue weighted by molar-refractivity contribution is -0.147. The molecule has 0 unspecified atom stereocenters.